The molecule has 0 amide bonds. The van der Waals surface area contributed by atoms with E-state index in [4.69, 9.17) is 4.74 Å². The van der Waals surface area contributed by atoms with E-state index in [9.17, 15) is 8.42 Å². The molecule has 1 aromatic rings. The van der Waals surface area contributed by atoms with Crippen LogP contribution in [0, 0.1) is 0 Å². The highest BCUT2D eigenvalue weighted by Crippen LogP contribution is 2.27. The monoisotopic (exact) mass is 314 g/mol. The molecule has 0 unspecified atom stereocenters. The minimum atomic E-state index is -3.22. The number of sulfonamides is 1. The van der Waals surface area contributed by atoms with Crippen LogP contribution in [0.5, 0.6) is 0 Å². The van der Waals surface area contributed by atoms with Crippen LogP contribution >= 0.6 is 0 Å². The first-order valence-electron chi connectivity index (χ1n) is 7.02. The number of nitrogens with one attached hydrogen (secondary N) is 2. The summed E-state index contributed by atoms with van der Waals surface area (Å²) in [6, 6.07) is 7.55. The molecule has 0 fully saturated rings. The van der Waals surface area contributed by atoms with Gasteiger partial charge in [-0.25, -0.2) is 8.42 Å². The van der Waals surface area contributed by atoms with Crippen LogP contribution in [0.4, 0.5) is 5.69 Å². The van der Waals surface area contributed by atoms with Crippen LogP contribution in [0.2, 0.25) is 0 Å². The minimum absolute atomic E-state index is 0.0314. The molecule has 0 radical (unpaired) electrons. The largest absolute Gasteiger partial charge is 0.383 e. The van der Waals surface area contributed by atoms with Gasteiger partial charge in [0, 0.05) is 19.3 Å². The molecular formula is C15H26N2O3S. The van der Waals surface area contributed by atoms with Crippen molar-refractivity contribution in [3.63, 3.8) is 0 Å². The average molecular weight is 314 g/mol. The van der Waals surface area contributed by atoms with Crippen LogP contribution in [0.25, 0.3) is 0 Å². The van der Waals surface area contributed by atoms with E-state index in [1.165, 1.54) is 5.56 Å². The van der Waals surface area contributed by atoms with E-state index in [0.717, 1.165) is 25.8 Å². The van der Waals surface area contributed by atoms with Gasteiger partial charge < -0.3 is 10.1 Å². The maximum Gasteiger partial charge on any atom is 0.229 e. The Morgan fingerprint density at radius 1 is 1.14 bits per heavy atom. The lowest BCUT2D eigenvalue weighted by molar-refractivity contribution is 0.198. The second-order valence-electron chi connectivity index (χ2n) is 5.83. The summed E-state index contributed by atoms with van der Waals surface area (Å²) >= 11 is 0. The highest BCUT2D eigenvalue weighted by atomic mass is 32.2. The predicted molar refractivity (Wildman–Crippen MR) is 87.3 cm³/mol. The van der Waals surface area contributed by atoms with Gasteiger partial charge in [-0.15, -0.1) is 0 Å². The molecular weight excluding hydrogens is 288 g/mol. The summed E-state index contributed by atoms with van der Waals surface area (Å²) < 4.78 is 29.8. The SMILES string of the molecule is COCCNCCC(C)(C)c1ccc(NS(C)(=O)=O)cc1. The number of hydrogen-bond acceptors (Lipinski definition) is 4. The van der Waals surface area contributed by atoms with Crippen molar-refractivity contribution in [2.24, 2.45) is 0 Å². The fourth-order valence-corrected chi connectivity index (χ4v) is 2.61. The van der Waals surface area contributed by atoms with E-state index < -0.39 is 10.0 Å². The van der Waals surface area contributed by atoms with E-state index in [0.29, 0.717) is 12.3 Å². The van der Waals surface area contributed by atoms with Gasteiger partial charge in [-0.1, -0.05) is 26.0 Å². The van der Waals surface area contributed by atoms with Crippen LogP contribution in [0.15, 0.2) is 24.3 Å². The van der Waals surface area contributed by atoms with Crippen LogP contribution in [0.1, 0.15) is 25.8 Å². The Morgan fingerprint density at radius 2 is 1.76 bits per heavy atom. The van der Waals surface area contributed by atoms with Crippen molar-refractivity contribution < 1.29 is 13.2 Å². The molecule has 21 heavy (non-hydrogen) atoms. The van der Waals surface area contributed by atoms with E-state index >= 15 is 0 Å². The molecule has 5 nitrogen and oxygen atoms in total. The lowest BCUT2D eigenvalue weighted by Crippen LogP contribution is -2.27. The number of benzene rings is 1. The maximum absolute atomic E-state index is 11.2. The topological polar surface area (TPSA) is 67.4 Å². The Bertz CT molecular complexity index is 524. The van der Waals surface area contributed by atoms with Crippen LogP contribution in [0.3, 0.4) is 0 Å². The highest BCUT2D eigenvalue weighted by Gasteiger charge is 2.19. The molecule has 0 heterocycles. The fraction of sp³-hybridized carbons (Fsp3) is 0.600. The first-order chi connectivity index (χ1) is 9.74. The van der Waals surface area contributed by atoms with Gasteiger partial charge in [0.2, 0.25) is 10.0 Å². The molecule has 1 rings (SSSR count). The lowest BCUT2D eigenvalue weighted by atomic mass is 9.81. The molecule has 0 bridgehead atoms. The van der Waals surface area contributed by atoms with Gasteiger partial charge in [0.05, 0.1) is 12.9 Å². The zero-order chi connectivity index (χ0) is 15.9. The molecule has 1 aromatic carbocycles. The number of methoxy groups -OCH3 is 1. The minimum Gasteiger partial charge on any atom is -0.383 e. The lowest BCUT2D eigenvalue weighted by Gasteiger charge is -2.25. The Morgan fingerprint density at radius 3 is 2.29 bits per heavy atom. The molecule has 0 aromatic heterocycles. The zero-order valence-electron chi connectivity index (χ0n) is 13.3. The van der Waals surface area contributed by atoms with E-state index in [2.05, 4.69) is 23.9 Å². The second-order valence-corrected chi connectivity index (χ2v) is 7.58. The predicted octanol–water partition coefficient (Wildman–Crippen LogP) is 1.96. The third-order valence-corrected chi connectivity index (χ3v) is 3.99. The smallest absolute Gasteiger partial charge is 0.229 e. The number of anilines is 1. The van der Waals surface area contributed by atoms with Crippen LogP contribution in [-0.2, 0) is 20.2 Å². The molecule has 2 N–H and O–H groups in total. The molecule has 0 saturated heterocycles. The average Bonchev–Trinajstić information content (AvgIpc) is 2.37. The van der Waals surface area contributed by atoms with Crippen molar-refractivity contribution in [2.45, 2.75) is 25.7 Å². The first-order valence-corrected chi connectivity index (χ1v) is 8.92. The van der Waals surface area contributed by atoms with Crippen molar-refractivity contribution in [1.82, 2.24) is 5.32 Å². The molecule has 0 saturated carbocycles. The zero-order valence-corrected chi connectivity index (χ0v) is 14.1. The second kappa shape index (κ2) is 7.77. The normalized spacial score (nSPS) is 12.4. The number of hydrogen-bond donors (Lipinski definition) is 2. The third kappa shape index (κ3) is 6.93. The van der Waals surface area contributed by atoms with Crippen molar-refractivity contribution in [3.8, 4) is 0 Å². The molecule has 6 heteroatoms. The molecule has 0 spiro atoms. The van der Waals surface area contributed by atoms with Crippen LogP contribution in [-0.4, -0.2) is 41.5 Å². The molecule has 0 aliphatic carbocycles. The Balaban J connectivity index is 2.58. The van der Waals surface area contributed by atoms with Crippen molar-refractivity contribution in [1.29, 1.82) is 0 Å². The summed E-state index contributed by atoms with van der Waals surface area (Å²) in [5.74, 6) is 0. The summed E-state index contributed by atoms with van der Waals surface area (Å²) in [6.45, 7) is 6.85. The van der Waals surface area contributed by atoms with Gasteiger partial charge in [0.25, 0.3) is 0 Å². The van der Waals surface area contributed by atoms with Gasteiger partial charge in [-0.05, 0) is 36.1 Å². The standard InChI is InChI=1S/C15H26N2O3S/c1-15(2,9-10-16-11-12-20-3)13-5-7-14(8-6-13)17-21(4,18)19/h5-8,16-17H,9-12H2,1-4H3. The first kappa shape index (κ1) is 17.9. The summed E-state index contributed by atoms with van der Waals surface area (Å²) in [5, 5.41) is 3.34. The van der Waals surface area contributed by atoms with Gasteiger partial charge >= 0.3 is 0 Å². The van der Waals surface area contributed by atoms with Crippen molar-refractivity contribution in [2.75, 3.05) is 37.8 Å². The highest BCUT2D eigenvalue weighted by molar-refractivity contribution is 7.92. The van der Waals surface area contributed by atoms with Gasteiger partial charge in [0.1, 0.15) is 0 Å². The summed E-state index contributed by atoms with van der Waals surface area (Å²) in [7, 11) is -1.53. The molecule has 0 aliphatic rings. The summed E-state index contributed by atoms with van der Waals surface area (Å²) in [4.78, 5) is 0. The molecule has 120 valence electrons. The van der Waals surface area contributed by atoms with Crippen molar-refractivity contribution in [3.05, 3.63) is 29.8 Å². The van der Waals surface area contributed by atoms with Crippen molar-refractivity contribution >= 4 is 15.7 Å². The Labute approximate surface area is 128 Å². The molecule has 0 atom stereocenters. The van der Waals surface area contributed by atoms with E-state index in [1.807, 2.05) is 12.1 Å². The fourth-order valence-electron chi connectivity index (χ4n) is 2.05. The summed E-state index contributed by atoms with van der Waals surface area (Å²) in [5.41, 5.74) is 1.81. The van der Waals surface area contributed by atoms with Gasteiger partial charge in [-0.3, -0.25) is 4.72 Å². The Kier molecular flexibility index (Phi) is 6.64. The van der Waals surface area contributed by atoms with E-state index in [1.54, 1.807) is 19.2 Å². The number of rotatable bonds is 9. The quantitative estimate of drug-likeness (QED) is 0.684. The van der Waals surface area contributed by atoms with Gasteiger partial charge in [0.15, 0.2) is 0 Å². The maximum atomic E-state index is 11.2. The molecule has 0 aliphatic heterocycles. The Hall–Kier alpha value is -1.11. The van der Waals surface area contributed by atoms with Crippen LogP contribution < -0.4 is 10.0 Å². The summed E-state index contributed by atoms with van der Waals surface area (Å²) in [6.07, 6.45) is 2.14. The third-order valence-electron chi connectivity index (χ3n) is 3.38. The van der Waals surface area contributed by atoms with Gasteiger partial charge in [-0.2, -0.15) is 0 Å². The number of ether oxygens (including phenoxy) is 1. The van der Waals surface area contributed by atoms with E-state index in [-0.39, 0.29) is 5.41 Å².